The number of benzene rings is 1. The maximum Gasteiger partial charge on any atom is 0.261 e. The van der Waals surface area contributed by atoms with Gasteiger partial charge in [-0.3, -0.25) is 9.59 Å². The lowest BCUT2D eigenvalue weighted by Gasteiger charge is -2.25. The van der Waals surface area contributed by atoms with Crippen molar-refractivity contribution in [3.8, 4) is 5.69 Å². The van der Waals surface area contributed by atoms with E-state index in [1.54, 1.807) is 28.9 Å². The van der Waals surface area contributed by atoms with E-state index < -0.39 is 6.10 Å². The van der Waals surface area contributed by atoms with Gasteiger partial charge in [-0.15, -0.1) is 0 Å². The first-order valence-corrected chi connectivity index (χ1v) is 9.14. The van der Waals surface area contributed by atoms with Gasteiger partial charge in [0.1, 0.15) is 11.5 Å². The molecule has 0 radical (unpaired) electrons. The Bertz CT molecular complexity index is 1000. The Morgan fingerprint density at radius 1 is 1.22 bits per heavy atom. The second-order valence-electron chi connectivity index (χ2n) is 6.90. The molecule has 3 N–H and O–H groups in total. The molecule has 8 nitrogen and oxygen atoms in total. The van der Waals surface area contributed by atoms with E-state index in [1.165, 1.54) is 18.9 Å². The number of H-pyrrole nitrogens is 1. The SMILES string of the molecule is O=C(Nc1ccc(-n2ncc3c(=O)[nH]cnc32)cc1)C(O)C1CCCCC1. The number of anilines is 1. The number of amides is 1. The molecule has 3 aromatic rings. The minimum Gasteiger partial charge on any atom is -0.383 e. The maximum atomic E-state index is 12.3. The molecule has 0 saturated heterocycles. The Balaban J connectivity index is 1.49. The number of hydrogen-bond donors (Lipinski definition) is 3. The predicted molar refractivity (Wildman–Crippen MR) is 101 cm³/mol. The largest absolute Gasteiger partial charge is 0.383 e. The zero-order valence-corrected chi connectivity index (χ0v) is 14.8. The lowest BCUT2D eigenvalue weighted by Crippen LogP contribution is -2.35. The molecule has 1 amide bonds. The summed E-state index contributed by atoms with van der Waals surface area (Å²) in [5.41, 5.74) is 1.53. The van der Waals surface area contributed by atoms with Crippen molar-refractivity contribution in [2.24, 2.45) is 5.92 Å². The van der Waals surface area contributed by atoms with Gasteiger partial charge in [-0.05, 0) is 43.0 Å². The summed E-state index contributed by atoms with van der Waals surface area (Å²) in [5.74, 6) is -0.329. The van der Waals surface area contributed by atoms with E-state index >= 15 is 0 Å². The van der Waals surface area contributed by atoms with E-state index in [1.807, 2.05) is 0 Å². The van der Waals surface area contributed by atoms with Crippen molar-refractivity contribution in [3.63, 3.8) is 0 Å². The Hall–Kier alpha value is -3.00. The number of aliphatic hydroxyl groups excluding tert-OH is 1. The van der Waals surface area contributed by atoms with Gasteiger partial charge in [-0.25, -0.2) is 9.67 Å². The van der Waals surface area contributed by atoms with Crippen molar-refractivity contribution in [3.05, 3.63) is 47.1 Å². The fraction of sp³-hybridized carbons (Fsp3) is 0.368. The van der Waals surface area contributed by atoms with Crippen molar-refractivity contribution >= 4 is 22.6 Å². The lowest BCUT2D eigenvalue weighted by molar-refractivity contribution is -0.127. The number of nitrogens with zero attached hydrogens (tertiary/aromatic N) is 3. The first-order chi connectivity index (χ1) is 13.1. The van der Waals surface area contributed by atoms with Crippen LogP contribution in [0.25, 0.3) is 16.7 Å². The summed E-state index contributed by atoms with van der Waals surface area (Å²) in [7, 11) is 0. The smallest absolute Gasteiger partial charge is 0.261 e. The van der Waals surface area contributed by atoms with Crippen LogP contribution in [0.15, 0.2) is 41.6 Å². The molecule has 1 aliphatic carbocycles. The number of hydrogen-bond acceptors (Lipinski definition) is 5. The summed E-state index contributed by atoms with van der Waals surface area (Å²) in [6.07, 6.45) is 6.93. The highest BCUT2D eigenvalue weighted by Gasteiger charge is 2.27. The maximum absolute atomic E-state index is 12.3. The molecule has 0 aliphatic heterocycles. The van der Waals surface area contributed by atoms with Crippen LogP contribution in [0.3, 0.4) is 0 Å². The Morgan fingerprint density at radius 3 is 2.70 bits per heavy atom. The highest BCUT2D eigenvalue weighted by Crippen LogP contribution is 2.27. The van der Waals surface area contributed by atoms with E-state index in [2.05, 4.69) is 20.4 Å². The van der Waals surface area contributed by atoms with E-state index in [0.29, 0.717) is 22.4 Å². The molecule has 0 bridgehead atoms. The Kier molecular flexibility index (Phi) is 4.72. The third kappa shape index (κ3) is 3.48. The van der Waals surface area contributed by atoms with Crippen LogP contribution in [0.1, 0.15) is 32.1 Å². The number of nitrogens with one attached hydrogen (secondary N) is 2. The molecule has 2 heterocycles. The van der Waals surface area contributed by atoms with Gasteiger partial charge < -0.3 is 15.4 Å². The zero-order chi connectivity index (χ0) is 18.8. The first kappa shape index (κ1) is 17.4. The van der Waals surface area contributed by atoms with Gasteiger partial charge in [0.2, 0.25) is 0 Å². The van der Waals surface area contributed by atoms with E-state index in [4.69, 9.17) is 0 Å². The van der Waals surface area contributed by atoms with Gasteiger partial charge in [-0.1, -0.05) is 19.3 Å². The van der Waals surface area contributed by atoms with Crippen LogP contribution in [-0.2, 0) is 4.79 Å². The van der Waals surface area contributed by atoms with Crippen LogP contribution >= 0.6 is 0 Å². The van der Waals surface area contributed by atoms with Gasteiger partial charge in [0.25, 0.3) is 11.5 Å². The summed E-state index contributed by atoms with van der Waals surface area (Å²) in [4.78, 5) is 30.8. The Morgan fingerprint density at radius 2 is 1.96 bits per heavy atom. The molecular formula is C19H21N5O3. The van der Waals surface area contributed by atoms with Crippen molar-refractivity contribution in [2.45, 2.75) is 38.2 Å². The third-order valence-corrected chi connectivity index (χ3v) is 5.12. The molecule has 27 heavy (non-hydrogen) atoms. The van der Waals surface area contributed by atoms with Crippen LogP contribution in [0.4, 0.5) is 5.69 Å². The normalized spacial score (nSPS) is 16.3. The van der Waals surface area contributed by atoms with Gasteiger partial charge in [0.15, 0.2) is 5.65 Å². The highest BCUT2D eigenvalue weighted by molar-refractivity contribution is 5.94. The second-order valence-corrected chi connectivity index (χ2v) is 6.90. The molecule has 8 heteroatoms. The average molecular weight is 367 g/mol. The zero-order valence-electron chi connectivity index (χ0n) is 14.8. The van der Waals surface area contributed by atoms with E-state index in [9.17, 15) is 14.7 Å². The van der Waals surface area contributed by atoms with Gasteiger partial charge in [-0.2, -0.15) is 5.10 Å². The topological polar surface area (TPSA) is 113 Å². The van der Waals surface area contributed by atoms with Gasteiger partial charge in [0.05, 0.1) is 18.2 Å². The number of aromatic nitrogens is 4. The number of aromatic amines is 1. The first-order valence-electron chi connectivity index (χ1n) is 9.14. The van der Waals surface area contributed by atoms with Gasteiger partial charge in [0, 0.05) is 5.69 Å². The lowest BCUT2D eigenvalue weighted by atomic mass is 9.85. The molecule has 1 saturated carbocycles. The van der Waals surface area contributed by atoms with Crippen LogP contribution < -0.4 is 10.9 Å². The summed E-state index contributed by atoms with van der Waals surface area (Å²) in [5, 5.41) is 17.7. The van der Waals surface area contributed by atoms with Crippen LogP contribution in [-0.4, -0.2) is 36.9 Å². The average Bonchev–Trinajstić information content (AvgIpc) is 3.14. The fourth-order valence-corrected chi connectivity index (χ4v) is 3.61. The quantitative estimate of drug-likeness (QED) is 0.653. The molecular weight excluding hydrogens is 346 g/mol. The molecule has 1 atom stereocenters. The summed E-state index contributed by atoms with van der Waals surface area (Å²) >= 11 is 0. The van der Waals surface area contributed by atoms with Crippen LogP contribution in [0, 0.1) is 5.92 Å². The number of rotatable bonds is 4. The number of carbonyl (C=O) groups excluding carboxylic acids is 1. The minimum atomic E-state index is -0.976. The van der Waals surface area contributed by atoms with Crippen LogP contribution in [0.5, 0.6) is 0 Å². The molecule has 1 unspecified atom stereocenters. The molecule has 1 aliphatic rings. The van der Waals surface area contributed by atoms with Crippen molar-refractivity contribution in [1.29, 1.82) is 0 Å². The van der Waals surface area contributed by atoms with E-state index in [0.717, 1.165) is 25.7 Å². The van der Waals surface area contributed by atoms with Crippen molar-refractivity contribution in [2.75, 3.05) is 5.32 Å². The molecule has 1 fully saturated rings. The molecule has 1 aromatic carbocycles. The van der Waals surface area contributed by atoms with E-state index in [-0.39, 0.29) is 17.4 Å². The second kappa shape index (κ2) is 7.32. The number of carbonyl (C=O) groups is 1. The molecule has 4 rings (SSSR count). The molecule has 140 valence electrons. The highest BCUT2D eigenvalue weighted by atomic mass is 16.3. The number of aliphatic hydroxyl groups is 1. The van der Waals surface area contributed by atoms with Crippen molar-refractivity contribution < 1.29 is 9.90 Å². The van der Waals surface area contributed by atoms with Gasteiger partial charge >= 0.3 is 0 Å². The summed E-state index contributed by atoms with van der Waals surface area (Å²) < 4.78 is 1.56. The summed E-state index contributed by atoms with van der Waals surface area (Å²) in [6.45, 7) is 0. The van der Waals surface area contributed by atoms with Crippen molar-refractivity contribution in [1.82, 2.24) is 19.7 Å². The molecule has 0 spiro atoms. The fourth-order valence-electron chi connectivity index (χ4n) is 3.61. The standard InChI is InChI=1S/C19H21N5O3/c25-16(12-4-2-1-3-5-12)19(27)23-13-6-8-14(9-7-13)24-17-15(10-22-24)18(26)21-11-20-17/h6-12,16,25H,1-5H2,(H,23,27)(H,20,21,26). The monoisotopic (exact) mass is 367 g/mol. The Labute approximate surface area is 155 Å². The predicted octanol–water partition coefficient (Wildman–Crippen LogP) is 1.99. The number of fused-ring (bicyclic) bond motifs is 1. The minimum absolute atomic E-state index is 0.0395. The molecule has 2 aromatic heterocycles. The van der Waals surface area contributed by atoms with Crippen LogP contribution in [0.2, 0.25) is 0 Å². The summed E-state index contributed by atoms with van der Waals surface area (Å²) in [6, 6.07) is 7.03. The third-order valence-electron chi connectivity index (χ3n) is 5.12.